The van der Waals surface area contributed by atoms with E-state index in [4.69, 9.17) is 16.3 Å². The molecular formula is C21H24F3N5O4. The summed E-state index contributed by atoms with van der Waals surface area (Å²) in [5, 5.41) is 10.6. The zero-order valence-corrected chi connectivity index (χ0v) is 17.7. The molecule has 2 aromatic carbocycles. The number of hydrazine groups is 1. The van der Waals surface area contributed by atoms with E-state index in [0.29, 0.717) is 41.3 Å². The highest BCUT2D eigenvalue weighted by atomic mass is 19.4. The molecule has 12 heteroatoms. The normalized spacial score (nSPS) is 12.8. The molecule has 0 saturated carbocycles. The number of amides is 1. The minimum absolute atomic E-state index is 0.0360. The number of aliphatic hydroxyl groups excluding tert-OH is 1. The lowest BCUT2D eigenvalue weighted by Crippen LogP contribution is -2.46. The van der Waals surface area contributed by atoms with Gasteiger partial charge in [-0.3, -0.25) is 10.6 Å². The summed E-state index contributed by atoms with van der Waals surface area (Å²) < 4.78 is 48.4. The molecule has 0 aliphatic rings. The molecule has 0 spiro atoms. The van der Waals surface area contributed by atoms with E-state index in [9.17, 15) is 23.1 Å². The van der Waals surface area contributed by atoms with Gasteiger partial charge in [0.2, 0.25) is 5.91 Å². The Kier molecular flexibility index (Phi) is 7.41. The summed E-state index contributed by atoms with van der Waals surface area (Å²) >= 11 is 0. The SMILES string of the molecule is C[C@@H](C(N)=O)N(N)Cc1nc2ccc(Oc3ccc(OC(F)(F)F)cc3)cc2n1CCCO. The Morgan fingerprint density at radius 2 is 1.82 bits per heavy atom. The van der Waals surface area contributed by atoms with Crippen molar-refractivity contribution in [1.82, 2.24) is 14.6 Å². The second kappa shape index (κ2) is 10.1. The highest BCUT2D eigenvalue weighted by molar-refractivity contribution is 5.79. The molecule has 0 aliphatic heterocycles. The first-order valence-corrected chi connectivity index (χ1v) is 10.0. The maximum Gasteiger partial charge on any atom is 0.573 e. The van der Waals surface area contributed by atoms with Crippen LogP contribution in [0.15, 0.2) is 42.5 Å². The number of ether oxygens (including phenoxy) is 2. The summed E-state index contributed by atoms with van der Waals surface area (Å²) in [6.07, 6.45) is -4.31. The number of aliphatic hydroxyl groups is 1. The predicted molar refractivity (Wildman–Crippen MR) is 113 cm³/mol. The van der Waals surface area contributed by atoms with E-state index >= 15 is 0 Å². The number of benzene rings is 2. The smallest absolute Gasteiger partial charge is 0.457 e. The standard InChI is InChI=1S/C21H24F3N5O4/c1-13(20(25)31)29(26)12-19-27-17-8-7-16(11-18(17)28(19)9-2-10-30)32-14-3-5-15(6-4-14)33-21(22,23)24/h3-8,11,13,30H,2,9-10,12,26H2,1H3,(H2,25,31)/t13-/m0/s1. The average molecular weight is 467 g/mol. The quantitative estimate of drug-likeness (QED) is 0.309. The van der Waals surface area contributed by atoms with Gasteiger partial charge in [0.25, 0.3) is 0 Å². The van der Waals surface area contributed by atoms with Crippen LogP contribution >= 0.6 is 0 Å². The lowest BCUT2D eigenvalue weighted by Gasteiger charge is -2.21. The van der Waals surface area contributed by atoms with Crippen LogP contribution in [0.3, 0.4) is 0 Å². The Hall–Kier alpha value is -3.35. The van der Waals surface area contributed by atoms with Gasteiger partial charge in [-0.25, -0.2) is 9.99 Å². The van der Waals surface area contributed by atoms with Crippen molar-refractivity contribution in [2.45, 2.75) is 38.8 Å². The van der Waals surface area contributed by atoms with Crippen LogP contribution in [0.4, 0.5) is 13.2 Å². The molecule has 1 amide bonds. The van der Waals surface area contributed by atoms with Crippen LogP contribution in [0, 0.1) is 0 Å². The highest BCUT2D eigenvalue weighted by Crippen LogP contribution is 2.29. The molecule has 1 aromatic heterocycles. The van der Waals surface area contributed by atoms with Crippen LogP contribution in [0.1, 0.15) is 19.2 Å². The number of carbonyl (C=O) groups excluding carboxylic acids is 1. The maximum atomic E-state index is 12.3. The topological polar surface area (TPSA) is 129 Å². The lowest BCUT2D eigenvalue weighted by molar-refractivity contribution is -0.274. The van der Waals surface area contributed by atoms with Crippen molar-refractivity contribution >= 4 is 16.9 Å². The summed E-state index contributed by atoms with van der Waals surface area (Å²) in [5.74, 6) is 6.36. The van der Waals surface area contributed by atoms with Crippen LogP contribution in [-0.2, 0) is 17.9 Å². The first kappa shape index (κ1) is 24.3. The van der Waals surface area contributed by atoms with Crippen molar-refractivity contribution in [3.63, 3.8) is 0 Å². The van der Waals surface area contributed by atoms with E-state index in [1.165, 1.54) is 17.1 Å². The minimum atomic E-state index is -4.77. The van der Waals surface area contributed by atoms with Gasteiger partial charge in [0.15, 0.2) is 0 Å². The van der Waals surface area contributed by atoms with Gasteiger partial charge in [-0.2, -0.15) is 0 Å². The number of aryl methyl sites for hydroxylation is 1. The third kappa shape index (κ3) is 6.34. The monoisotopic (exact) mass is 467 g/mol. The Labute approximate surface area is 187 Å². The molecule has 1 atom stereocenters. The van der Waals surface area contributed by atoms with Gasteiger partial charge in [0.1, 0.15) is 29.1 Å². The highest BCUT2D eigenvalue weighted by Gasteiger charge is 2.31. The largest absolute Gasteiger partial charge is 0.573 e. The number of alkyl halides is 3. The summed E-state index contributed by atoms with van der Waals surface area (Å²) in [4.78, 5) is 16.0. The van der Waals surface area contributed by atoms with E-state index in [1.54, 1.807) is 25.1 Å². The summed E-state index contributed by atoms with van der Waals surface area (Å²) in [7, 11) is 0. The molecule has 1 heterocycles. The number of fused-ring (bicyclic) bond motifs is 1. The third-order valence-corrected chi connectivity index (χ3v) is 4.86. The Bertz CT molecular complexity index is 1100. The minimum Gasteiger partial charge on any atom is -0.457 e. The number of aromatic nitrogens is 2. The molecule has 0 unspecified atom stereocenters. The molecule has 178 valence electrons. The molecule has 0 aliphatic carbocycles. The van der Waals surface area contributed by atoms with E-state index in [2.05, 4.69) is 9.72 Å². The molecule has 0 fully saturated rings. The number of nitrogens with zero attached hydrogens (tertiary/aromatic N) is 3. The fourth-order valence-electron chi connectivity index (χ4n) is 3.12. The number of nitrogens with two attached hydrogens (primary N) is 2. The summed E-state index contributed by atoms with van der Waals surface area (Å²) in [6, 6.07) is 9.43. The van der Waals surface area contributed by atoms with Gasteiger partial charge in [-0.1, -0.05) is 0 Å². The molecule has 0 bridgehead atoms. The molecular weight excluding hydrogens is 443 g/mol. The van der Waals surface area contributed by atoms with Crippen molar-refractivity contribution in [3.8, 4) is 17.2 Å². The predicted octanol–water partition coefficient (Wildman–Crippen LogP) is 2.66. The fourth-order valence-corrected chi connectivity index (χ4v) is 3.12. The lowest BCUT2D eigenvalue weighted by atomic mass is 10.2. The van der Waals surface area contributed by atoms with E-state index in [1.807, 2.05) is 4.57 Å². The number of rotatable bonds is 10. The van der Waals surface area contributed by atoms with Gasteiger partial charge in [0, 0.05) is 19.2 Å². The first-order chi connectivity index (χ1) is 15.6. The fraction of sp³-hybridized carbons (Fsp3) is 0.333. The summed E-state index contributed by atoms with van der Waals surface area (Å²) in [5.41, 5.74) is 6.66. The van der Waals surface area contributed by atoms with Crippen molar-refractivity contribution in [2.75, 3.05) is 6.61 Å². The second-order valence-electron chi connectivity index (χ2n) is 7.28. The van der Waals surface area contributed by atoms with Crippen molar-refractivity contribution in [1.29, 1.82) is 0 Å². The molecule has 3 rings (SSSR count). The maximum absolute atomic E-state index is 12.3. The third-order valence-electron chi connectivity index (χ3n) is 4.86. The van der Waals surface area contributed by atoms with E-state index in [-0.39, 0.29) is 18.9 Å². The van der Waals surface area contributed by atoms with Crippen LogP contribution < -0.4 is 21.1 Å². The number of hydrogen-bond acceptors (Lipinski definition) is 7. The number of imidazole rings is 1. The zero-order valence-electron chi connectivity index (χ0n) is 17.7. The van der Waals surface area contributed by atoms with Crippen molar-refractivity contribution < 1.29 is 32.5 Å². The van der Waals surface area contributed by atoms with Gasteiger partial charge in [0.05, 0.1) is 17.6 Å². The van der Waals surface area contributed by atoms with Crippen LogP contribution in [0.5, 0.6) is 17.2 Å². The zero-order chi connectivity index (χ0) is 24.2. The first-order valence-electron chi connectivity index (χ1n) is 10.0. The molecule has 9 nitrogen and oxygen atoms in total. The number of primary amides is 1. The van der Waals surface area contributed by atoms with Crippen LogP contribution in [0.25, 0.3) is 11.0 Å². The molecule has 3 aromatic rings. The Balaban J connectivity index is 1.85. The molecule has 33 heavy (non-hydrogen) atoms. The van der Waals surface area contributed by atoms with Gasteiger partial charge in [-0.15, -0.1) is 13.2 Å². The van der Waals surface area contributed by atoms with Gasteiger partial charge >= 0.3 is 6.36 Å². The van der Waals surface area contributed by atoms with Gasteiger partial charge in [-0.05, 0) is 49.7 Å². The van der Waals surface area contributed by atoms with Crippen LogP contribution in [0.2, 0.25) is 0 Å². The summed E-state index contributed by atoms with van der Waals surface area (Å²) in [6.45, 7) is 2.13. The average Bonchev–Trinajstić information content (AvgIpc) is 3.08. The van der Waals surface area contributed by atoms with E-state index < -0.39 is 18.3 Å². The number of halogens is 3. The Morgan fingerprint density at radius 3 is 2.42 bits per heavy atom. The number of carbonyl (C=O) groups is 1. The van der Waals surface area contributed by atoms with Crippen molar-refractivity contribution in [3.05, 3.63) is 48.3 Å². The Morgan fingerprint density at radius 1 is 1.18 bits per heavy atom. The number of hydrogen-bond donors (Lipinski definition) is 3. The van der Waals surface area contributed by atoms with Crippen LogP contribution in [-0.4, -0.2) is 44.6 Å². The second-order valence-corrected chi connectivity index (χ2v) is 7.28. The van der Waals surface area contributed by atoms with Gasteiger partial charge < -0.3 is 24.9 Å². The van der Waals surface area contributed by atoms with E-state index in [0.717, 1.165) is 12.1 Å². The molecule has 5 N–H and O–H groups in total. The molecule has 0 saturated heterocycles. The van der Waals surface area contributed by atoms with Crippen molar-refractivity contribution in [2.24, 2.45) is 11.6 Å². The molecule has 0 radical (unpaired) electrons.